The molecule has 0 aromatic heterocycles. The van der Waals surface area contributed by atoms with E-state index in [4.69, 9.17) is 9.47 Å². The fourth-order valence-electron chi connectivity index (χ4n) is 7.35. The molecule has 0 radical (unpaired) electrons. The lowest BCUT2D eigenvalue weighted by molar-refractivity contribution is 0.0924. The Morgan fingerprint density at radius 2 is 1.04 bits per heavy atom. The number of hydrogen-bond donors (Lipinski definition) is 3. The largest absolute Gasteiger partial charge is 0.496 e. The van der Waals surface area contributed by atoms with Crippen LogP contribution < -0.4 is 25.4 Å². The number of piperidine rings is 2. The van der Waals surface area contributed by atoms with E-state index in [9.17, 15) is 18.0 Å². The molecule has 2 heterocycles. The summed E-state index contributed by atoms with van der Waals surface area (Å²) in [5.41, 5.74) is 3.12. The van der Waals surface area contributed by atoms with E-state index < -0.39 is 10.2 Å². The first-order valence-corrected chi connectivity index (χ1v) is 19.8. The van der Waals surface area contributed by atoms with Gasteiger partial charge >= 0.3 is 0 Å². The summed E-state index contributed by atoms with van der Waals surface area (Å²) in [6.07, 6.45) is 3.28. The lowest BCUT2D eigenvalue weighted by Gasteiger charge is -2.42. The van der Waals surface area contributed by atoms with Gasteiger partial charge in [0.25, 0.3) is 22.0 Å². The van der Waals surface area contributed by atoms with E-state index in [0.29, 0.717) is 61.6 Å². The Hall–Kier alpha value is -4.75. The van der Waals surface area contributed by atoms with E-state index in [2.05, 4.69) is 40.2 Å². The molecule has 4 aromatic rings. The number of nitrogens with zero attached hydrogens (tertiary/aromatic N) is 2. The minimum absolute atomic E-state index is 0.00974. The van der Waals surface area contributed by atoms with Crippen molar-refractivity contribution in [2.45, 2.75) is 36.5 Å². The van der Waals surface area contributed by atoms with E-state index in [1.165, 1.54) is 14.2 Å². The highest BCUT2D eigenvalue weighted by atomic mass is 32.2. The maximum Gasteiger partial charge on any atom is 0.281 e. The minimum atomic E-state index is -3.45. The number of methoxy groups -OCH3 is 2. The van der Waals surface area contributed by atoms with Crippen LogP contribution in [0.5, 0.6) is 11.5 Å². The first kappa shape index (κ1) is 40.4. The normalized spacial score (nSPS) is 16.7. The highest BCUT2D eigenvalue weighted by Crippen LogP contribution is 2.37. The summed E-state index contributed by atoms with van der Waals surface area (Å²) in [5.74, 6) is 0.845. The molecule has 0 aliphatic carbocycles. The number of amides is 2. The number of hydrogen-bond acceptors (Lipinski definition) is 7. The second-order valence-electron chi connectivity index (χ2n) is 14.0. The first-order valence-electron chi connectivity index (χ1n) is 18.4. The molecule has 0 bridgehead atoms. The maximum absolute atomic E-state index is 12.8. The summed E-state index contributed by atoms with van der Waals surface area (Å²) in [6, 6.07) is 35.0. The zero-order chi connectivity index (χ0) is 38.6. The van der Waals surface area contributed by atoms with Crippen LogP contribution in [0.2, 0.25) is 0 Å². The zero-order valence-electron chi connectivity index (χ0n) is 31.7. The van der Waals surface area contributed by atoms with Crippen molar-refractivity contribution in [1.29, 1.82) is 0 Å². The van der Waals surface area contributed by atoms with Gasteiger partial charge in [0.05, 0.1) is 25.3 Å². The van der Waals surface area contributed by atoms with Crippen molar-refractivity contribution in [2.24, 2.45) is 0 Å². The lowest BCUT2D eigenvalue weighted by Crippen LogP contribution is -2.52. The number of para-hydroxylation sites is 2. The Balaban J connectivity index is 0.000000213. The average molecular weight is 756 g/mol. The predicted octanol–water partition coefficient (Wildman–Crippen LogP) is 5.01. The summed E-state index contributed by atoms with van der Waals surface area (Å²) in [5, 5.41) is 9.61. The molecule has 2 aliphatic heterocycles. The quantitative estimate of drug-likeness (QED) is 0.186. The highest BCUT2D eigenvalue weighted by Gasteiger charge is 2.40. The molecule has 12 heteroatoms. The van der Waals surface area contributed by atoms with Gasteiger partial charge in [0.15, 0.2) is 0 Å². The van der Waals surface area contributed by atoms with Crippen LogP contribution in [0.25, 0.3) is 0 Å². The smallest absolute Gasteiger partial charge is 0.281 e. The molecule has 11 nitrogen and oxygen atoms in total. The van der Waals surface area contributed by atoms with Crippen LogP contribution in [0.15, 0.2) is 109 Å². The molecule has 0 saturated carbocycles. The molecular weight excluding hydrogens is 703 g/mol. The standard InChI is InChI=1S/C22H29N3O4S.C20H24N2O2/c1-24(2)30(27,28)25-15-13-22(14-16-25,18-9-5-4-6-10-18)17-23-21(26)19-11-7-8-12-20(19)29-3;1-24-18-10-6-5-9-17(18)19(23)22-15-20(11-13-21-14-12-20)16-7-3-2-4-8-16/h4-12H,13-17H2,1-3H3,(H,23,26);2-10,21H,11-15H2,1H3,(H,22,23). The number of carbonyl (C=O) groups excluding carboxylic acids is 2. The molecule has 4 aromatic carbocycles. The van der Waals surface area contributed by atoms with Gasteiger partial charge < -0.3 is 25.4 Å². The highest BCUT2D eigenvalue weighted by molar-refractivity contribution is 7.86. The first-order chi connectivity index (χ1) is 26.0. The molecule has 0 atom stereocenters. The Morgan fingerprint density at radius 1 is 0.648 bits per heavy atom. The van der Waals surface area contributed by atoms with Gasteiger partial charge in [-0.2, -0.15) is 17.0 Å². The van der Waals surface area contributed by atoms with Crippen molar-refractivity contribution < 1.29 is 27.5 Å². The number of ether oxygens (including phenoxy) is 2. The van der Waals surface area contributed by atoms with Crippen LogP contribution in [0, 0.1) is 0 Å². The molecule has 3 N–H and O–H groups in total. The summed E-state index contributed by atoms with van der Waals surface area (Å²) >= 11 is 0. The van der Waals surface area contributed by atoms with Crippen LogP contribution in [0.3, 0.4) is 0 Å². The third-order valence-electron chi connectivity index (χ3n) is 10.7. The molecule has 2 aliphatic rings. The SMILES string of the molecule is COc1ccccc1C(=O)NCC1(c2ccccc2)CCN(S(=O)(=O)N(C)C)CC1.COc1ccccc1C(=O)NCC1(c2ccccc2)CCNCC1. The molecule has 0 spiro atoms. The minimum Gasteiger partial charge on any atom is -0.496 e. The van der Waals surface area contributed by atoms with E-state index in [1.54, 1.807) is 52.6 Å². The predicted molar refractivity (Wildman–Crippen MR) is 212 cm³/mol. The molecule has 54 heavy (non-hydrogen) atoms. The van der Waals surface area contributed by atoms with Gasteiger partial charge in [-0.1, -0.05) is 84.9 Å². The number of nitrogens with one attached hydrogen (secondary N) is 3. The van der Waals surface area contributed by atoms with E-state index in [1.807, 2.05) is 60.7 Å². The molecule has 288 valence electrons. The summed E-state index contributed by atoms with van der Waals surface area (Å²) in [6.45, 7) is 3.80. The number of benzene rings is 4. The van der Waals surface area contributed by atoms with Crippen molar-refractivity contribution in [3.05, 3.63) is 131 Å². The Morgan fingerprint density at radius 3 is 1.44 bits per heavy atom. The van der Waals surface area contributed by atoms with Gasteiger partial charge in [0, 0.05) is 51.1 Å². The Labute approximate surface area is 320 Å². The molecule has 2 fully saturated rings. The molecule has 0 unspecified atom stereocenters. The van der Waals surface area contributed by atoms with Gasteiger partial charge in [-0.25, -0.2) is 0 Å². The van der Waals surface area contributed by atoms with Crippen molar-refractivity contribution in [3.8, 4) is 11.5 Å². The molecule has 2 saturated heterocycles. The van der Waals surface area contributed by atoms with Crippen molar-refractivity contribution in [1.82, 2.24) is 24.6 Å². The fourth-order valence-corrected chi connectivity index (χ4v) is 8.46. The van der Waals surface area contributed by atoms with E-state index in [-0.39, 0.29) is 22.6 Å². The molecular formula is C42H53N5O6S. The third kappa shape index (κ3) is 9.48. The van der Waals surface area contributed by atoms with Gasteiger partial charge in [-0.15, -0.1) is 0 Å². The van der Waals surface area contributed by atoms with Crippen LogP contribution in [-0.2, 0) is 21.0 Å². The van der Waals surface area contributed by atoms with E-state index in [0.717, 1.165) is 31.5 Å². The second-order valence-corrected chi connectivity index (χ2v) is 16.1. The van der Waals surface area contributed by atoms with Crippen molar-refractivity contribution in [2.75, 3.05) is 67.6 Å². The Bertz CT molecular complexity index is 1930. The molecule has 6 rings (SSSR count). The number of carbonyl (C=O) groups is 2. The second kappa shape index (κ2) is 18.5. The van der Waals surface area contributed by atoms with Gasteiger partial charge in [0.1, 0.15) is 11.5 Å². The fraction of sp³-hybridized carbons (Fsp3) is 0.381. The summed E-state index contributed by atoms with van der Waals surface area (Å²) in [7, 11) is 2.76. The van der Waals surface area contributed by atoms with Crippen molar-refractivity contribution in [3.63, 3.8) is 0 Å². The van der Waals surface area contributed by atoms with Crippen LogP contribution in [0.1, 0.15) is 57.5 Å². The van der Waals surface area contributed by atoms with Crippen molar-refractivity contribution >= 4 is 22.0 Å². The average Bonchev–Trinajstić information content (AvgIpc) is 3.23. The summed E-state index contributed by atoms with van der Waals surface area (Å²) < 4.78 is 38.4. The topological polar surface area (TPSA) is 129 Å². The molecule has 2 amide bonds. The zero-order valence-corrected chi connectivity index (χ0v) is 32.5. The maximum atomic E-state index is 12.8. The number of rotatable bonds is 12. The van der Waals surface area contributed by atoms with Gasteiger partial charge in [0.2, 0.25) is 0 Å². The lowest BCUT2D eigenvalue weighted by atomic mass is 9.73. The van der Waals surface area contributed by atoms with Crippen LogP contribution >= 0.6 is 0 Å². The Kier molecular flexibility index (Phi) is 13.9. The van der Waals surface area contributed by atoms with Gasteiger partial charge in [-0.3, -0.25) is 9.59 Å². The van der Waals surface area contributed by atoms with Crippen LogP contribution in [0.4, 0.5) is 0 Å². The van der Waals surface area contributed by atoms with Gasteiger partial charge in [-0.05, 0) is 74.2 Å². The summed E-state index contributed by atoms with van der Waals surface area (Å²) in [4.78, 5) is 25.5. The third-order valence-corrected chi connectivity index (χ3v) is 12.6. The van der Waals surface area contributed by atoms with Crippen LogP contribution in [-0.4, -0.2) is 96.4 Å². The van der Waals surface area contributed by atoms with E-state index >= 15 is 0 Å². The monoisotopic (exact) mass is 755 g/mol.